The normalized spacial score (nSPS) is 19.4. The number of ether oxygens (including phenoxy) is 2. The second kappa shape index (κ2) is 12.5. The van der Waals surface area contributed by atoms with Crippen LogP contribution in [0, 0.1) is 0 Å². The summed E-state index contributed by atoms with van der Waals surface area (Å²) in [5.41, 5.74) is 4.80. The van der Waals surface area contributed by atoms with Crippen molar-refractivity contribution < 1.29 is 19.1 Å². The summed E-state index contributed by atoms with van der Waals surface area (Å²) in [6.45, 7) is 8.62. The molecule has 1 saturated heterocycles. The number of thioether (sulfide) groups is 1. The van der Waals surface area contributed by atoms with Crippen LogP contribution >= 0.6 is 23.4 Å². The van der Waals surface area contributed by atoms with Crippen LogP contribution in [-0.4, -0.2) is 28.9 Å². The number of allylic oxidation sites excluding steroid dienone is 1. The van der Waals surface area contributed by atoms with Gasteiger partial charge in [-0.05, 0) is 72.4 Å². The van der Waals surface area contributed by atoms with Gasteiger partial charge in [-0.1, -0.05) is 85.7 Å². The highest BCUT2D eigenvalue weighted by Crippen LogP contribution is 2.46. The van der Waals surface area contributed by atoms with Crippen LogP contribution in [0.5, 0.6) is 5.75 Å². The van der Waals surface area contributed by atoms with Gasteiger partial charge in [0, 0.05) is 10.7 Å². The molecule has 0 unspecified atom stereocenters. The molecule has 41 heavy (non-hydrogen) atoms. The van der Waals surface area contributed by atoms with E-state index < -0.39 is 12.0 Å². The minimum atomic E-state index is -0.559. The molecule has 6 nitrogen and oxygen atoms in total. The Morgan fingerprint density at radius 3 is 2.37 bits per heavy atom. The lowest BCUT2D eigenvalue weighted by Gasteiger charge is -2.39. The van der Waals surface area contributed by atoms with E-state index >= 15 is 0 Å². The smallest absolute Gasteiger partial charge is 0.338 e. The standard InChI is InChI=1S/C33H33ClN2O4S/c1-5-39-32(38)29-21(4)35-33-36(30(29)25-12-10-24(11-13-25)20(2)3)31(37)28(41-33)18-22-8-16-27(17-9-22)40-19-23-6-14-26(34)15-7-23/h6-18,20,30,33,35H,5,19H2,1-4H3/b28-18-/t30-,33-/m0/s1. The van der Waals surface area contributed by atoms with Crippen molar-refractivity contribution in [2.45, 2.75) is 51.8 Å². The van der Waals surface area contributed by atoms with Gasteiger partial charge in [0.05, 0.1) is 23.1 Å². The van der Waals surface area contributed by atoms with Crippen LogP contribution in [0.1, 0.15) is 61.9 Å². The minimum absolute atomic E-state index is 0.136. The molecule has 2 aliphatic rings. The predicted octanol–water partition coefficient (Wildman–Crippen LogP) is 7.42. The number of benzene rings is 3. The summed E-state index contributed by atoms with van der Waals surface area (Å²) < 4.78 is 11.3. The van der Waals surface area contributed by atoms with Gasteiger partial charge in [0.15, 0.2) is 5.50 Å². The van der Waals surface area contributed by atoms with Crippen LogP contribution in [0.3, 0.4) is 0 Å². The summed E-state index contributed by atoms with van der Waals surface area (Å²) in [6.07, 6.45) is 1.88. The van der Waals surface area contributed by atoms with Crippen LogP contribution in [0.15, 0.2) is 89.0 Å². The zero-order chi connectivity index (χ0) is 29.1. The largest absolute Gasteiger partial charge is 0.489 e. The van der Waals surface area contributed by atoms with E-state index in [4.69, 9.17) is 21.1 Å². The molecule has 2 heterocycles. The molecule has 3 aromatic carbocycles. The average molecular weight is 589 g/mol. The quantitative estimate of drug-likeness (QED) is 0.218. The molecule has 1 N–H and O–H groups in total. The highest BCUT2D eigenvalue weighted by Gasteiger charge is 2.47. The van der Waals surface area contributed by atoms with Crippen LogP contribution < -0.4 is 10.1 Å². The van der Waals surface area contributed by atoms with Crippen molar-refractivity contribution in [3.8, 4) is 5.75 Å². The van der Waals surface area contributed by atoms with E-state index in [-0.39, 0.29) is 18.0 Å². The van der Waals surface area contributed by atoms with Gasteiger partial charge < -0.3 is 14.8 Å². The highest BCUT2D eigenvalue weighted by atomic mass is 35.5. The monoisotopic (exact) mass is 588 g/mol. The topological polar surface area (TPSA) is 67.9 Å². The highest BCUT2D eigenvalue weighted by molar-refractivity contribution is 8.05. The number of fused-ring (bicyclic) bond motifs is 1. The van der Waals surface area contributed by atoms with E-state index in [2.05, 4.69) is 31.3 Å². The molecular weight excluding hydrogens is 556 g/mol. The fraction of sp³-hybridized carbons (Fsp3) is 0.273. The third-order valence-corrected chi connectivity index (χ3v) is 8.51. The fourth-order valence-electron chi connectivity index (χ4n) is 4.94. The Morgan fingerprint density at radius 2 is 1.73 bits per heavy atom. The molecule has 0 saturated carbocycles. The van der Waals surface area contributed by atoms with Gasteiger partial charge in [0.25, 0.3) is 5.91 Å². The number of hydrogen-bond donors (Lipinski definition) is 1. The van der Waals surface area contributed by atoms with E-state index in [1.165, 1.54) is 17.3 Å². The van der Waals surface area contributed by atoms with Crippen LogP contribution in [-0.2, 0) is 20.9 Å². The number of carbonyl (C=O) groups excluding carboxylic acids is 2. The Labute approximate surface area is 250 Å². The van der Waals surface area contributed by atoms with Gasteiger partial charge in [-0.3, -0.25) is 9.69 Å². The SMILES string of the molecule is CCOC(=O)C1=C(C)N[C@@H]2S/C(=C\c3ccc(OCc4ccc(Cl)cc4)cc3)C(=O)N2[C@H]1c1ccc(C(C)C)cc1. The number of esters is 1. The van der Waals surface area contributed by atoms with Crippen molar-refractivity contribution in [3.63, 3.8) is 0 Å². The first kappa shape index (κ1) is 28.8. The fourth-order valence-corrected chi connectivity index (χ4v) is 6.28. The van der Waals surface area contributed by atoms with E-state index in [1.54, 1.807) is 11.8 Å². The van der Waals surface area contributed by atoms with Gasteiger partial charge in [0.1, 0.15) is 12.4 Å². The second-order valence-corrected chi connectivity index (χ2v) is 11.9. The van der Waals surface area contributed by atoms with Crippen LogP contribution in [0.25, 0.3) is 6.08 Å². The number of hydrogen-bond acceptors (Lipinski definition) is 6. The summed E-state index contributed by atoms with van der Waals surface area (Å²) in [5.74, 6) is 0.552. The number of rotatable bonds is 8. The van der Waals surface area contributed by atoms with Gasteiger partial charge in [-0.25, -0.2) is 4.79 Å². The van der Waals surface area contributed by atoms with Crippen molar-refractivity contribution in [1.29, 1.82) is 0 Å². The molecule has 1 amide bonds. The maximum Gasteiger partial charge on any atom is 0.338 e. The molecule has 0 aliphatic carbocycles. The molecule has 0 aromatic heterocycles. The molecule has 3 aromatic rings. The number of nitrogens with zero attached hydrogens (tertiary/aromatic N) is 1. The third kappa shape index (κ3) is 6.31. The summed E-state index contributed by atoms with van der Waals surface area (Å²) in [7, 11) is 0. The average Bonchev–Trinajstić information content (AvgIpc) is 3.26. The van der Waals surface area contributed by atoms with Crippen molar-refractivity contribution in [3.05, 3.63) is 116 Å². The Balaban J connectivity index is 1.39. The molecule has 8 heteroatoms. The molecule has 2 aliphatic heterocycles. The Bertz CT molecular complexity index is 1480. The predicted molar refractivity (Wildman–Crippen MR) is 164 cm³/mol. The van der Waals surface area contributed by atoms with E-state index in [1.807, 2.05) is 73.7 Å². The first-order valence-corrected chi connectivity index (χ1v) is 14.9. The Morgan fingerprint density at radius 1 is 1.05 bits per heavy atom. The molecule has 1 fully saturated rings. The summed E-state index contributed by atoms with van der Waals surface area (Å²) >= 11 is 7.41. The van der Waals surface area contributed by atoms with Crippen molar-refractivity contribution >= 4 is 41.3 Å². The zero-order valence-electron chi connectivity index (χ0n) is 23.5. The molecule has 212 valence electrons. The Kier molecular flexibility index (Phi) is 8.76. The summed E-state index contributed by atoms with van der Waals surface area (Å²) in [4.78, 5) is 29.4. The van der Waals surface area contributed by atoms with Gasteiger partial charge in [-0.15, -0.1) is 0 Å². The van der Waals surface area contributed by atoms with Gasteiger partial charge in [0.2, 0.25) is 0 Å². The minimum Gasteiger partial charge on any atom is -0.489 e. The summed E-state index contributed by atoms with van der Waals surface area (Å²) in [6, 6.07) is 22.8. The van der Waals surface area contributed by atoms with Crippen molar-refractivity contribution in [2.75, 3.05) is 6.61 Å². The molecule has 2 atom stereocenters. The van der Waals surface area contributed by atoms with Crippen molar-refractivity contribution in [2.24, 2.45) is 0 Å². The zero-order valence-corrected chi connectivity index (χ0v) is 25.1. The van der Waals surface area contributed by atoms with Crippen LogP contribution in [0.4, 0.5) is 0 Å². The maximum atomic E-state index is 13.9. The van der Waals surface area contributed by atoms with Gasteiger partial charge >= 0.3 is 5.97 Å². The molecule has 5 rings (SSSR count). The van der Waals surface area contributed by atoms with Gasteiger partial charge in [-0.2, -0.15) is 0 Å². The number of carbonyl (C=O) groups is 2. The maximum absolute atomic E-state index is 13.9. The second-order valence-electron chi connectivity index (χ2n) is 10.3. The van der Waals surface area contributed by atoms with E-state index in [0.29, 0.717) is 33.7 Å². The number of halogens is 1. The lowest BCUT2D eigenvalue weighted by atomic mass is 9.91. The van der Waals surface area contributed by atoms with E-state index in [0.717, 1.165) is 22.4 Å². The Hall–Kier alpha value is -3.68. The summed E-state index contributed by atoms with van der Waals surface area (Å²) in [5, 5.41) is 4.06. The molecule has 0 radical (unpaired) electrons. The molecular formula is C33H33ClN2O4S. The lowest BCUT2D eigenvalue weighted by molar-refractivity contribution is -0.140. The molecule has 0 spiro atoms. The van der Waals surface area contributed by atoms with E-state index in [9.17, 15) is 9.59 Å². The van der Waals surface area contributed by atoms with Crippen molar-refractivity contribution in [1.82, 2.24) is 10.2 Å². The first-order valence-electron chi connectivity index (χ1n) is 13.7. The number of nitrogens with one attached hydrogen (secondary N) is 1. The lowest BCUT2D eigenvalue weighted by Crippen LogP contribution is -2.49. The van der Waals surface area contributed by atoms with Crippen LogP contribution in [0.2, 0.25) is 5.02 Å². The molecule has 0 bridgehead atoms. The third-order valence-electron chi connectivity index (χ3n) is 7.14. The first-order chi connectivity index (χ1) is 19.7. The number of amides is 1.